The normalized spacial score (nSPS) is 11.6. The van der Waals surface area contributed by atoms with Gasteiger partial charge in [-0.05, 0) is 30.7 Å². The number of hydrogen-bond donors (Lipinski definition) is 2. The molecular weight excluding hydrogens is 369 g/mol. The van der Waals surface area contributed by atoms with Crippen LogP contribution in [0.5, 0.6) is 0 Å². The third kappa shape index (κ3) is 4.59. The summed E-state index contributed by atoms with van der Waals surface area (Å²) in [5.41, 5.74) is 0.674. The van der Waals surface area contributed by atoms with Gasteiger partial charge in [-0.2, -0.15) is 4.98 Å². The van der Waals surface area contributed by atoms with Crippen molar-refractivity contribution in [1.82, 2.24) is 15.1 Å². The van der Waals surface area contributed by atoms with Crippen LogP contribution in [0, 0.1) is 5.82 Å². The fraction of sp³-hybridized carbons (Fsp3) is 0.214. The van der Waals surface area contributed by atoms with Gasteiger partial charge in [0.25, 0.3) is 0 Å². The quantitative estimate of drug-likeness (QED) is 0.598. The highest BCUT2D eigenvalue weighted by Crippen LogP contribution is 2.21. The summed E-state index contributed by atoms with van der Waals surface area (Å²) in [4.78, 5) is 8.20. The van der Waals surface area contributed by atoms with E-state index in [2.05, 4.69) is 20.4 Å². The van der Waals surface area contributed by atoms with E-state index in [1.54, 1.807) is 12.1 Å². The molecule has 0 amide bonds. The van der Waals surface area contributed by atoms with Gasteiger partial charge in [0.2, 0.25) is 21.7 Å². The maximum absolute atomic E-state index is 12.9. The number of nitrogens with zero attached hydrogens (tertiary/aromatic N) is 3. The van der Waals surface area contributed by atoms with Crippen LogP contribution in [0.15, 0.2) is 39.2 Å². The number of thiazole rings is 1. The number of aryl methyl sites for hydroxylation is 1. The van der Waals surface area contributed by atoms with Crippen LogP contribution in [-0.4, -0.2) is 30.1 Å². The predicted molar refractivity (Wildman–Crippen MR) is 90.0 cm³/mol. The van der Waals surface area contributed by atoms with Gasteiger partial charge in [0.15, 0.2) is 9.34 Å². The largest absolute Gasteiger partial charge is 0.361 e. The number of primary sulfonamides is 1. The van der Waals surface area contributed by atoms with E-state index in [9.17, 15) is 12.8 Å². The number of hydrogen-bond acceptors (Lipinski definition) is 8. The van der Waals surface area contributed by atoms with Crippen molar-refractivity contribution in [1.29, 1.82) is 0 Å². The molecule has 0 aliphatic carbocycles. The van der Waals surface area contributed by atoms with Crippen LogP contribution >= 0.6 is 11.3 Å². The lowest BCUT2D eigenvalue weighted by Crippen LogP contribution is -2.09. The lowest BCUT2D eigenvalue weighted by atomic mass is 10.2. The van der Waals surface area contributed by atoms with Gasteiger partial charge in [-0.15, -0.1) is 0 Å². The highest BCUT2D eigenvalue weighted by Gasteiger charge is 2.12. The predicted octanol–water partition coefficient (Wildman–Crippen LogP) is 2.02. The molecule has 0 bridgehead atoms. The molecule has 3 rings (SSSR count). The van der Waals surface area contributed by atoms with Crippen LogP contribution in [0.2, 0.25) is 0 Å². The zero-order valence-corrected chi connectivity index (χ0v) is 14.5. The lowest BCUT2D eigenvalue weighted by molar-refractivity contribution is 0.377. The number of anilines is 1. The van der Waals surface area contributed by atoms with Crippen molar-refractivity contribution in [3.05, 3.63) is 42.2 Å². The van der Waals surface area contributed by atoms with E-state index in [4.69, 9.17) is 9.66 Å². The molecule has 132 valence electrons. The molecular formula is C14H14FN5O3S2. The number of aromatic nitrogens is 3. The van der Waals surface area contributed by atoms with Crippen LogP contribution in [0.3, 0.4) is 0 Å². The van der Waals surface area contributed by atoms with Crippen molar-refractivity contribution in [2.24, 2.45) is 5.14 Å². The summed E-state index contributed by atoms with van der Waals surface area (Å²) >= 11 is 0.971. The highest BCUT2D eigenvalue weighted by molar-refractivity contribution is 7.91. The first-order chi connectivity index (χ1) is 11.9. The molecule has 8 nitrogen and oxygen atoms in total. The Morgan fingerprint density at radius 2 is 2.04 bits per heavy atom. The maximum atomic E-state index is 12.9. The number of benzene rings is 1. The molecule has 1 aromatic carbocycles. The molecule has 0 unspecified atom stereocenters. The second-order valence-electron chi connectivity index (χ2n) is 5.08. The molecule has 2 aromatic heterocycles. The molecule has 3 N–H and O–H groups in total. The van der Waals surface area contributed by atoms with Gasteiger partial charge >= 0.3 is 0 Å². The molecule has 0 saturated carbocycles. The van der Waals surface area contributed by atoms with Gasteiger partial charge in [0.05, 0.1) is 6.20 Å². The topological polar surface area (TPSA) is 124 Å². The van der Waals surface area contributed by atoms with Crippen LogP contribution in [0.1, 0.15) is 12.3 Å². The Morgan fingerprint density at radius 3 is 2.72 bits per heavy atom. The molecule has 0 aliphatic rings. The molecule has 0 radical (unpaired) electrons. The van der Waals surface area contributed by atoms with Crippen molar-refractivity contribution in [2.75, 3.05) is 11.9 Å². The summed E-state index contributed by atoms with van der Waals surface area (Å²) in [5.74, 6) is 0.539. The highest BCUT2D eigenvalue weighted by atomic mass is 32.2. The number of nitrogens with two attached hydrogens (primary N) is 1. The van der Waals surface area contributed by atoms with E-state index in [0.717, 1.165) is 11.3 Å². The zero-order valence-electron chi connectivity index (χ0n) is 12.8. The molecule has 0 aliphatic heterocycles. The third-order valence-electron chi connectivity index (χ3n) is 3.18. The molecule has 2 heterocycles. The minimum Gasteiger partial charge on any atom is -0.361 e. The smallest absolute Gasteiger partial charge is 0.249 e. The minimum atomic E-state index is -3.72. The molecule has 0 saturated heterocycles. The van der Waals surface area contributed by atoms with Gasteiger partial charge in [0, 0.05) is 18.5 Å². The Labute approximate surface area is 147 Å². The summed E-state index contributed by atoms with van der Waals surface area (Å²) in [6.45, 7) is 0.547. The van der Waals surface area contributed by atoms with Crippen LogP contribution < -0.4 is 10.5 Å². The Kier molecular flexibility index (Phi) is 5.06. The molecule has 11 heteroatoms. The Balaban J connectivity index is 1.50. The van der Waals surface area contributed by atoms with Crippen molar-refractivity contribution >= 4 is 26.5 Å². The number of rotatable bonds is 7. The van der Waals surface area contributed by atoms with Crippen LogP contribution in [0.25, 0.3) is 11.4 Å². The van der Waals surface area contributed by atoms with Gasteiger partial charge in [-0.3, -0.25) is 0 Å². The van der Waals surface area contributed by atoms with E-state index in [-0.39, 0.29) is 10.0 Å². The summed E-state index contributed by atoms with van der Waals surface area (Å²) in [7, 11) is -3.72. The number of nitrogens with one attached hydrogen (secondary N) is 1. The minimum absolute atomic E-state index is 0.0100. The second kappa shape index (κ2) is 7.25. The summed E-state index contributed by atoms with van der Waals surface area (Å²) in [5, 5.41) is 12.4. The molecule has 25 heavy (non-hydrogen) atoms. The SMILES string of the molecule is NS(=O)(=O)c1cnc(NCCCc2nc(-c3ccc(F)cc3)no2)s1. The fourth-order valence-electron chi connectivity index (χ4n) is 1.98. The van der Waals surface area contributed by atoms with E-state index in [1.165, 1.54) is 18.3 Å². The molecule has 0 fully saturated rings. The Bertz CT molecular complexity index is 953. The number of halogens is 1. The van der Waals surface area contributed by atoms with E-state index in [0.29, 0.717) is 41.8 Å². The first-order valence-electron chi connectivity index (χ1n) is 7.23. The van der Waals surface area contributed by atoms with Crippen molar-refractivity contribution in [3.63, 3.8) is 0 Å². The fourth-order valence-corrected chi connectivity index (χ4v) is 3.46. The van der Waals surface area contributed by atoms with Gasteiger partial charge in [-0.1, -0.05) is 16.5 Å². The van der Waals surface area contributed by atoms with Crippen molar-refractivity contribution < 1.29 is 17.3 Å². The van der Waals surface area contributed by atoms with Gasteiger partial charge in [-0.25, -0.2) is 22.9 Å². The molecule has 0 spiro atoms. The maximum Gasteiger partial charge on any atom is 0.249 e. The van der Waals surface area contributed by atoms with Crippen LogP contribution in [-0.2, 0) is 16.4 Å². The first-order valence-corrected chi connectivity index (χ1v) is 9.59. The monoisotopic (exact) mass is 383 g/mol. The zero-order chi connectivity index (χ0) is 17.9. The van der Waals surface area contributed by atoms with E-state index >= 15 is 0 Å². The lowest BCUT2D eigenvalue weighted by Gasteiger charge is -1.99. The first kappa shape index (κ1) is 17.5. The third-order valence-corrected chi connectivity index (χ3v) is 5.54. The summed E-state index contributed by atoms with van der Waals surface area (Å²) < 4.78 is 40.4. The summed E-state index contributed by atoms with van der Waals surface area (Å²) in [6.07, 6.45) is 2.43. The molecule has 3 aromatic rings. The van der Waals surface area contributed by atoms with Crippen LogP contribution in [0.4, 0.5) is 9.52 Å². The van der Waals surface area contributed by atoms with Crippen molar-refractivity contribution in [2.45, 2.75) is 17.1 Å². The Hall–Kier alpha value is -2.37. The average molecular weight is 383 g/mol. The Morgan fingerprint density at radius 1 is 1.28 bits per heavy atom. The van der Waals surface area contributed by atoms with Gasteiger partial charge in [0.1, 0.15) is 5.82 Å². The average Bonchev–Trinajstić information content (AvgIpc) is 3.21. The van der Waals surface area contributed by atoms with Crippen molar-refractivity contribution in [3.8, 4) is 11.4 Å². The van der Waals surface area contributed by atoms with Gasteiger partial charge < -0.3 is 9.84 Å². The standard InChI is InChI=1S/C14H14FN5O3S2/c15-10-5-3-9(4-6-10)13-19-11(23-20-13)2-1-7-17-14-18-8-12(24-14)25(16,21)22/h3-6,8H,1-2,7H2,(H,17,18)(H2,16,21,22). The summed E-state index contributed by atoms with van der Waals surface area (Å²) in [6, 6.07) is 5.83. The van der Waals surface area contributed by atoms with E-state index in [1.807, 2.05) is 0 Å². The molecule has 0 atom stereocenters. The number of sulfonamides is 1. The van der Waals surface area contributed by atoms with E-state index < -0.39 is 10.0 Å². The second-order valence-corrected chi connectivity index (χ2v) is 7.90.